The van der Waals surface area contributed by atoms with Crippen LogP contribution < -0.4 is 10.5 Å². The van der Waals surface area contributed by atoms with Crippen molar-refractivity contribution < 1.29 is 30.2 Å². The van der Waals surface area contributed by atoms with Crippen molar-refractivity contribution in [2.75, 3.05) is 5.32 Å². The number of nitrogens with one attached hydrogen (secondary N) is 2. The highest BCUT2D eigenvalue weighted by Crippen LogP contribution is 2.42. The minimum atomic E-state index is -1.40. The molecule has 0 bridgehead atoms. The second kappa shape index (κ2) is 6.46. The molecule has 0 heterocycles. The van der Waals surface area contributed by atoms with Crippen LogP contribution in [0.25, 0.3) is 0 Å². The smallest absolute Gasteiger partial charge is 0.203 e. The summed E-state index contributed by atoms with van der Waals surface area (Å²) >= 11 is 0. The van der Waals surface area contributed by atoms with Crippen LogP contribution in [0.2, 0.25) is 0 Å². The van der Waals surface area contributed by atoms with Gasteiger partial charge in [-0.15, -0.1) is 0 Å². The Morgan fingerprint density at radius 2 is 1.32 bits per heavy atom. The molecule has 1 aliphatic rings. The maximum absolute atomic E-state index is 13.2. The molecule has 0 radical (unpaired) electrons. The van der Waals surface area contributed by atoms with Crippen LogP contribution in [-0.4, -0.2) is 27.0 Å². The molecule has 0 aliphatic heterocycles. The van der Waals surface area contributed by atoms with Crippen molar-refractivity contribution in [2.45, 2.75) is 0 Å². The molecule has 0 spiro atoms. The number of hydrogen-bond donors (Lipinski definition) is 5. The summed E-state index contributed by atoms with van der Waals surface area (Å²) in [7, 11) is 0. The number of phenols is 2. The number of para-hydroxylation sites is 1. The normalized spacial score (nSPS) is 13.6. The van der Waals surface area contributed by atoms with Crippen molar-refractivity contribution in [2.24, 2.45) is 0 Å². The van der Waals surface area contributed by atoms with Crippen molar-refractivity contribution >= 4 is 28.6 Å². The van der Waals surface area contributed by atoms with Crippen LogP contribution in [0.5, 0.6) is 11.5 Å². The van der Waals surface area contributed by atoms with Gasteiger partial charge in [0.25, 0.3) is 0 Å². The lowest BCUT2D eigenvalue weighted by Crippen LogP contribution is -2.99. The first kappa shape index (κ1) is 17.7. The molecule has 1 aliphatic carbocycles. The summed E-state index contributed by atoms with van der Waals surface area (Å²) in [5.41, 5.74) is -0.772. The lowest BCUT2D eigenvalue weighted by molar-refractivity contribution is -0.991. The Labute approximate surface area is 158 Å². The van der Waals surface area contributed by atoms with E-state index in [0.717, 1.165) is 12.1 Å². The average molecular weight is 378 g/mol. The van der Waals surface area contributed by atoms with E-state index < -0.39 is 45.1 Å². The van der Waals surface area contributed by atoms with Crippen molar-refractivity contribution in [3.63, 3.8) is 0 Å². The molecule has 8 heteroatoms. The maximum atomic E-state index is 13.2. The Bertz CT molecular complexity index is 1130. The van der Waals surface area contributed by atoms with Crippen LogP contribution in [-0.2, 0) is 0 Å². The predicted octanol–water partition coefficient (Wildman–Crippen LogP) is 2.02. The van der Waals surface area contributed by atoms with Crippen molar-refractivity contribution in [1.29, 1.82) is 0 Å². The summed E-state index contributed by atoms with van der Waals surface area (Å²) in [4.78, 5) is 26.2. The summed E-state index contributed by atoms with van der Waals surface area (Å²) in [5, 5.41) is 43.0. The van der Waals surface area contributed by atoms with Crippen LogP contribution in [0.1, 0.15) is 31.8 Å². The molecular formula is C20H14N2O6. The monoisotopic (exact) mass is 378 g/mol. The Kier molecular flexibility index (Phi) is 4.08. The lowest BCUT2D eigenvalue weighted by Gasteiger charge is -2.25. The number of rotatable bonds is 3. The number of aromatic hydroxyl groups is 2. The van der Waals surface area contributed by atoms with Crippen LogP contribution >= 0.6 is 0 Å². The van der Waals surface area contributed by atoms with Gasteiger partial charge in [-0.05, 0) is 30.3 Å². The Balaban J connectivity index is 1.97. The molecule has 28 heavy (non-hydrogen) atoms. The fourth-order valence-corrected chi connectivity index (χ4v) is 3.32. The molecule has 0 saturated carbocycles. The van der Waals surface area contributed by atoms with Gasteiger partial charge in [-0.3, -0.25) is 9.59 Å². The zero-order chi connectivity index (χ0) is 20.0. The van der Waals surface area contributed by atoms with E-state index in [2.05, 4.69) is 5.32 Å². The van der Waals surface area contributed by atoms with Gasteiger partial charge >= 0.3 is 0 Å². The Hall–Kier alpha value is -3.72. The van der Waals surface area contributed by atoms with E-state index >= 15 is 0 Å². The number of carbonyl (C=O) groups is 2. The highest BCUT2D eigenvalue weighted by Gasteiger charge is 2.39. The van der Waals surface area contributed by atoms with E-state index in [1.54, 1.807) is 24.3 Å². The van der Waals surface area contributed by atoms with E-state index in [9.17, 15) is 30.2 Å². The summed E-state index contributed by atoms with van der Waals surface area (Å²) in [6.45, 7) is 0. The van der Waals surface area contributed by atoms with Gasteiger partial charge < -0.3 is 20.7 Å². The Morgan fingerprint density at radius 1 is 0.750 bits per heavy atom. The highest BCUT2D eigenvalue weighted by atomic mass is 16.8. The fourth-order valence-electron chi connectivity index (χ4n) is 3.32. The van der Waals surface area contributed by atoms with Gasteiger partial charge in [0.15, 0.2) is 5.69 Å². The minimum absolute atomic E-state index is 0.144. The third-order valence-corrected chi connectivity index (χ3v) is 4.56. The third kappa shape index (κ3) is 2.60. The first-order valence-corrected chi connectivity index (χ1v) is 8.27. The van der Waals surface area contributed by atoms with E-state index in [-0.39, 0.29) is 16.8 Å². The maximum Gasteiger partial charge on any atom is 0.203 e. The number of fused-ring (bicyclic) bond motifs is 2. The highest BCUT2D eigenvalue weighted by molar-refractivity contribution is 6.33. The molecule has 0 aromatic heterocycles. The van der Waals surface area contributed by atoms with Gasteiger partial charge in [0.1, 0.15) is 17.1 Å². The largest absolute Gasteiger partial charge is 0.595 e. The number of benzene rings is 3. The van der Waals surface area contributed by atoms with Gasteiger partial charge in [0.05, 0.1) is 22.4 Å². The second-order valence-corrected chi connectivity index (χ2v) is 6.22. The number of phenolic OH excluding ortho intramolecular Hbond substituents is 2. The zero-order valence-corrected chi connectivity index (χ0v) is 14.3. The minimum Gasteiger partial charge on any atom is -0.595 e. The van der Waals surface area contributed by atoms with Gasteiger partial charge in [-0.25, -0.2) is 5.21 Å². The standard InChI is InChI=1S/C20H14N2O6/c23-13-8-6-11(21-10-4-2-1-3-5-10)15-17(13)20(26)18-14(24)9-7-12(22(27)28)16(18)19(15)25/h1-9,21-24,27H. The molecule has 5 N–H and O–H groups in total. The summed E-state index contributed by atoms with van der Waals surface area (Å²) in [6.07, 6.45) is 0. The van der Waals surface area contributed by atoms with Crippen molar-refractivity contribution in [3.8, 4) is 11.5 Å². The molecule has 1 atom stereocenters. The van der Waals surface area contributed by atoms with Gasteiger partial charge in [-0.1, -0.05) is 18.2 Å². The first-order valence-electron chi connectivity index (χ1n) is 8.27. The number of quaternary nitrogens is 1. The molecule has 3 aromatic carbocycles. The Morgan fingerprint density at radius 3 is 1.96 bits per heavy atom. The summed E-state index contributed by atoms with van der Waals surface area (Å²) < 4.78 is 0. The van der Waals surface area contributed by atoms with Gasteiger partial charge in [0.2, 0.25) is 11.6 Å². The average Bonchev–Trinajstić information content (AvgIpc) is 2.67. The number of ketones is 2. The SMILES string of the molecule is O=C1c2c(O)ccc(Nc3ccccc3)c2C(=O)c2c([NH+]([O-])O)ccc(O)c21. The molecule has 1 unspecified atom stereocenters. The van der Waals surface area contributed by atoms with Crippen LogP contribution in [0.4, 0.5) is 17.1 Å². The first-order chi connectivity index (χ1) is 13.4. The molecule has 0 amide bonds. The summed E-state index contributed by atoms with van der Waals surface area (Å²) in [6, 6.07) is 13.7. The number of hydrogen-bond acceptors (Lipinski definition) is 7. The molecule has 3 aromatic rings. The van der Waals surface area contributed by atoms with E-state index in [4.69, 9.17) is 0 Å². The molecule has 140 valence electrons. The molecule has 0 fully saturated rings. The quantitative estimate of drug-likeness (QED) is 0.272. The van der Waals surface area contributed by atoms with Crippen LogP contribution in [0.3, 0.4) is 0 Å². The van der Waals surface area contributed by atoms with E-state index in [1.165, 1.54) is 12.1 Å². The fraction of sp³-hybridized carbons (Fsp3) is 0. The van der Waals surface area contributed by atoms with Crippen molar-refractivity contribution in [3.05, 3.63) is 82.1 Å². The summed E-state index contributed by atoms with van der Waals surface area (Å²) in [5.74, 6) is -2.55. The van der Waals surface area contributed by atoms with Gasteiger partial charge in [-0.2, -0.15) is 5.23 Å². The molecule has 4 rings (SSSR count). The molecular weight excluding hydrogens is 364 g/mol. The zero-order valence-electron chi connectivity index (χ0n) is 14.3. The van der Waals surface area contributed by atoms with Crippen molar-refractivity contribution in [1.82, 2.24) is 0 Å². The van der Waals surface area contributed by atoms with Gasteiger partial charge in [0, 0.05) is 11.8 Å². The second-order valence-electron chi connectivity index (χ2n) is 6.22. The number of anilines is 2. The van der Waals surface area contributed by atoms with Crippen LogP contribution in [0.15, 0.2) is 54.6 Å². The van der Waals surface area contributed by atoms with E-state index in [1.807, 2.05) is 6.07 Å². The number of carbonyl (C=O) groups excluding carboxylic acids is 2. The molecule has 0 saturated heterocycles. The lowest BCUT2D eigenvalue weighted by atomic mass is 9.81. The topological polar surface area (TPSA) is 134 Å². The molecule has 8 nitrogen and oxygen atoms in total. The third-order valence-electron chi connectivity index (χ3n) is 4.56. The predicted molar refractivity (Wildman–Crippen MR) is 98.6 cm³/mol. The van der Waals surface area contributed by atoms with E-state index in [0.29, 0.717) is 5.69 Å². The van der Waals surface area contributed by atoms with Crippen LogP contribution in [0, 0.1) is 5.21 Å².